The Morgan fingerprint density at radius 2 is 1.46 bits per heavy atom. The first-order valence-corrected chi connectivity index (χ1v) is 6.47. The SMILES string of the molecule is O=CC(O)C(O)C(O)C(O)CO.[Ni].c1ccncc1.c1cn[nH]n1. The molecule has 0 saturated carbocycles. The number of carbonyl (C=O) groups excluding carboxylic acids is 1. The molecule has 0 aromatic carbocycles. The molecule has 2 aromatic rings. The van der Waals surface area contributed by atoms with Crippen LogP contribution in [-0.2, 0) is 21.3 Å². The molecule has 0 aliphatic rings. The van der Waals surface area contributed by atoms with Gasteiger partial charge in [0.1, 0.15) is 24.4 Å². The number of H-pyrrole nitrogens is 1. The van der Waals surface area contributed by atoms with Gasteiger partial charge in [-0.05, 0) is 12.1 Å². The maximum absolute atomic E-state index is 9.90. The predicted molar refractivity (Wildman–Crippen MR) is 77.8 cm³/mol. The molecular formula is C13H20N4NiO6. The standard InChI is InChI=1S/C6H12O6.C5H5N.C2H3N3.Ni/c7-1-3(9)5(11)6(12)4(10)2-8;1-2-4-6-5-3-1;1-2-4-5-3-1;/h1,3-6,8-12H,2H2;1-5H;1-2H,(H,3,4,5);. The molecule has 24 heavy (non-hydrogen) atoms. The first-order valence-electron chi connectivity index (χ1n) is 6.47. The van der Waals surface area contributed by atoms with Crippen LogP contribution in [0.25, 0.3) is 0 Å². The largest absolute Gasteiger partial charge is 0.394 e. The van der Waals surface area contributed by atoms with Crippen LogP contribution in [0.1, 0.15) is 0 Å². The van der Waals surface area contributed by atoms with Crippen LogP contribution in [0, 0.1) is 0 Å². The van der Waals surface area contributed by atoms with E-state index in [1.165, 1.54) is 0 Å². The molecule has 0 bridgehead atoms. The Morgan fingerprint density at radius 3 is 1.71 bits per heavy atom. The van der Waals surface area contributed by atoms with Crippen molar-refractivity contribution in [1.82, 2.24) is 20.4 Å². The molecule has 4 atom stereocenters. The van der Waals surface area contributed by atoms with E-state index in [0.29, 0.717) is 0 Å². The molecule has 0 fully saturated rings. The average molecular weight is 387 g/mol. The number of aliphatic hydroxyl groups is 5. The molecule has 2 aromatic heterocycles. The molecule has 10 nitrogen and oxygen atoms in total. The van der Waals surface area contributed by atoms with Gasteiger partial charge in [-0.15, -0.1) is 0 Å². The summed E-state index contributed by atoms with van der Waals surface area (Å²) in [5.74, 6) is 0. The second kappa shape index (κ2) is 16.1. The number of aliphatic hydroxyl groups excluding tert-OH is 5. The van der Waals surface area contributed by atoms with Crippen molar-refractivity contribution in [2.24, 2.45) is 0 Å². The molecule has 2 rings (SSSR count). The fourth-order valence-corrected chi connectivity index (χ4v) is 1.10. The average Bonchev–Trinajstić information content (AvgIpc) is 3.21. The van der Waals surface area contributed by atoms with E-state index in [1.54, 1.807) is 24.8 Å². The Morgan fingerprint density at radius 1 is 0.917 bits per heavy atom. The van der Waals surface area contributed by atoms with E-state index in [0.717, 1.165) is 0 Å². The molecule has 0 saturated heterocycles. The van der Waals surface area contributed by atoms with Gasteiger partial charge in [-0.25, -0.2) is 0 Å². The van der Waals surface area contributed by atoms with E-state index in [9.17, 15) is 4.79 Å². The zero-order chi connectivity index (χ0) is 17.5. The first kappa shape index (κ1) is 24.5. The predicted octanol–water partition coefficient (Wildman–Crippen LogP) is -2.49. The normalized spacial score (nSPS) is 14.2. The number of hydrogen-bond donors (Lipinski definition) is 6. The molecule has 0 radical (unpaired) electrons. The smallest absolute Gasteiger partial charge is 0.151 e. The van der Waals surface area contributed by atoms with Crippen molar-refractivity contribution < 1.29 is 46.8 Å². The van der Waals surface area contributed by atoms with E-state index in [-0.39, 0.29) is 22.8 Å². The number of carbonyl (C=O) groups is 1. The van der Waals surface area contributed by atoms with Crippen molar-refractivity contribution in [3.05, 3.63) is 43.0 Å². The van der Waals surface area contributed by atoms with Crippen molar-refractivity contribution >= 4 is 6.29 Å². The number of aromatic amines is 1. The van der Waals surface area contributed by atoms with Crippen LogP contribution in [-0.4, -0.2) is 83.2 Å². The van der Waals surface area contributed by atoms with Crippen molar-refractivity contribution in [3.8, 4) is 0 Å². The van der Waals surface area contributed by atoms with E-state index >= 15 is 0 Å². The van der Waals surface area contributed by atoms with Gasteiger partial charge in [-0.3, -0.25) is 4.98 Å². The zero-order valence-corrected chi connectivity index (χ0v) is 13.4. The second-order valence-electron chi connectivity index (χ2n) is 4.04. The zero-order valence-electron chi connectivity index (χ0n) is 12.4. The summed E-state index contributed by atoms with van der Waals surface area (Å²) < 4.78 is 0. The fourth-order valence-electron chi connectivity index (χ4n) is 1.10. The van der Waals surface area contributed by atoms with E-state index < -0.39 is 31.0 Å². The summed E-state index contributed by atoms with van der Waals surface area (Å²) in [6, 6.07) is 5.72. The quantitative estimate of drug-likeness (QED) is 0.240. The molecular weight excluding hydrogens is 367 g/mol. The van der Waals surface area contributed by atoms with Crippen molar-refractivity contribution in [2.45, 2.75) is 24.4 Å². The van der Waals surface area contributed by atoms with Crippen LogP contribution >= 0.6 is 0 Å². The van der Waals surface area contributed by atoms with Crippen molar-refractivity contribution in [1.29, 1.82) is 0 Å². The summed E-state index contributed by atoms with van der Waals surface area (Å²) in [4.78, 5) is 13.7. The van der Waals surface area contributed by atoms with Gasteiger partial charge < -0.3 is 30.3 Å². The molecule has 0 spiro atoms. The van der Waals surface area contributed by atoms with Gasteiger partial charge >= 0.3 is 0 Å². The maximum Gasteiger partial charge on any atom is 0.151 e. The Labute approximate surface area is 148 Å². The third-order valence-electron chi connectivity index (χ3n) is 2.32. The Bertz CT molecular complexity index is 435. The minimum atomic E-state index is -1.79. The monoisotopic (exact) mass is 386 g/mol. The number of rotatable bonds is 5. The van der Waals surface area contributed by atoms with Gasteiger partial charge in [0.25, 0.3) is 0 Å². The first-order chi connectivity index (χ1) is 11.0. The van der Waals surface area contributed by atoms with Gasteiger partial charge in [0.05, 0.1) is 19.0 Å². The Kier molecular flexibility index (Phi) is 16.5. The molecule has 138 valence electrons. The summed E-state index contributed by atoms with van der Waals surface area (Å²) in [5, 5.41) is 52.9. The molecule has 4 unspecified atom stereocenters. The third-order valence-corrected chi connectivity index (χ3v) is 2.32. The summed E-state index contributed by atoms with van der Waals surface area (Å²) in [7, 11) is 0. The summed E-state index contributed by atoms with van der Waals surface area (Å²) in [5.41, 5.74) is 0. The van der Waals surface area contributed by atoms with Gasteiger partial charge in [-0.1, -0.05) is 6.07 Å². The minimum absolute atomic E-state index is 0. The number of hydrogen-bond acceptors (Lipinski definition) is 9. The molecule has 0 aliphatic heterocycles. The van der Waals surface area contributed by atoms with Crippen molar-refractivity contribution in [3.63, 3.8) is 0 Å². The van der Waals surface area contributed by atoms with Crippen molar-refractivity contribution in [2.75, 3.05) is 6.61 Å². The molecule has 0 amide bonds. The molecule has 11 heteroatoms. The van der Waals surface area contributed by atoms with Gasteiger partial charge in [0.15, 0.2) is 6.29 Å². The second-order valence-corrected chi connectivity index (χ2v) is 4.04. The summed E-state index contributed by atoms with van der Waals surface area (Å²) >= 11 is 0. The van der Waals surface area contributed by atoms with E-state index in [1.807, 2.05) is 18.2 Å². The maximum atomic E-state index is 9.90. The topological polar surface area (TPSA) is 173 Å². The van der Waals surface area contributed by atoms with E-state index in [2.05, 4.69) is 20.4 Å². The number of nitrogens with zero attached hydrogens (tertiary/aromatic N) is 3. The molecule has 0 aliphatic carbocycles. The van der Waals surface area contributed by atoms with Crippen LogP contribution in [0.5, 0.6) is 0 Å². The van der Waals surface area contributed by atoms with Crippen LogP contribution < -0.4 is 0 Å². The third kappa shape index (κ3) is 11.8. The van der Waals surface area contributed by atoms with Crippen LogP contribution in [0.15, 0.2) is 43.0 Å². The van der Waals surface area contributed by atoms with Gasteiger partial charge in [0.2, 0.25) is 0 Å². The molecule has 2 heterocycles. The number of aldehydes is 1. The number of pyridine rings is 1. The Hall–Kier alpha value is -1.75. The summed E-state index contributed by atoms with van der Waals surface area (Å²) in [6.07, 6.45) is -0.173. The van der Waals surface area contributed by atoms with Crippen LogP contribution in [0.3, 0.4) is 0 Å². The van der Waals surface area contributed by atoms with E-state index in [4.69, 9.17) is 25.5 Å². The van der Waals surface area contributed by atoms with Gasteiger partial charge in [0, 0.05) is 28.9 Å². The Balaban J connectivity index is 0. The minimum Gasteiger partial charge on any atom is -0.394 e. The number of aromatic nitrogens is 4. The molecule has 6 N–H and O–H groups in total. The van der Waals surface area contributed by atoms with Crippen LogP contribution in [0.2, 0.25) is 0 Å². The van der Waals surface area contributed by atoms with Crippen LogP contribution in [0.4, 0.5) is 0 Å². The fraction of sp³-hybridized carbons (Fsp3) is 0.385. The number of nitrogens with one attached hydrogen (secondary N) is 1. The summed E-state index contributed by atoms with van der Waals surface area (Å²) in [6.45, 7) is -0.760. The van der Waals surface area contributed by atoms with Gasteiger partial charge in [-0.2, -0.15) is 15.4 Å².